The molecule has 0 aromatic carbocycles. The summed E-state index contributed by atoms with van der Waals surface area (Å²) in [6.45, 7) is 5.56. The zero-order valence-electron chi connectivity index (χ0n) is 12.1. The van der Waals surface area contributed by atoms with Crippen LogP contribution in [-0.4, -0.2) is 11.5 Å². The summed E-state index contributed by atoms with van der Waals surface area (Å²) >= 11 is 0. The lowest BCUT2D eigenvalue weighted by atomic mass is 9.75. The molecule has 1 N–H and O–H groups in total. The number of aromatic nitrogens is 1. The number of hydrogen-bond donors (Lipinski definition) is 1. The highest BCUT2D eigenvalue weighted by atomic mass is 19.1. The van der Waals surface area contributed by atoms with E-state index in [1.165, 1.54) is 44.4 Å². The molecule has 1 fully saturated rings. The van der Waals surface area contributed by atoms with Crippen molar-refractivity contribution in [3.8, 4) is 0 Å². The summed E-state index contributed by atoms with van der Waals surface area (Å²) < 4.78 is 12.9. The fraction of sp³-hybridized carbons (Fsp3) is 0.688. The number of halogens is 1. The molecule has 2 nitrogen and oxygen atoms in total. The summed E-state index contributed by atoms with van der Waals surface area (Å²) in [6, 6.07) is 3.52. The van der Waals surface area contributed by atoms with E-state index in [1.54, 1.807) is 6.07 Å². The van der Waals surface area contributed by atoms with Crippen LogP contribution in [0.1, 0.15) is 64.1 Å². The third-order valence-electron chi connectivity index (χ3n) is 4.35. The lowest BCUT2D eigenvalue weighted by Gasteiger charge is -2.35. The lowest BCUT2D eigenvalue weighted by Crippen LogP contribution is -2.35. The van der Waals surface area contributed by atoms with Gasteiger partial charge in [-0.15, -0.1) is 0 Å². The number of nitrogens with zero attached hydrogens (tertiary/aromatic N) is 1. The van der Waals surface area contributed by atoms with Gasteiger partial charge in [0.15, 0.2) is 0 Å². The van der Waals surface area contributed by atoms with Crippen LogP contribution in [0.2, 0.25) is 0 Å². The van der Waals surface area contributed by atoms with E-state index >= 15 is 0 Å². The van der Waals surface area contributed by atoms with Crippen molar-refractivity contribution in [3.05, 3.63) is 29.8 Å². The summed E-state index contributed by atoms with van der Waals surface area (Å²) in [7, 11) is 0. The van der Waals surface area contributed by atoms with Gasteiger partial charge >= 0.3 is 0 Å². The Labute approximate surface area is 115 Å². The molecule has 2 rings (SSSR count). The van der Waals surface area contributed by atoms with Crippen LogP contribution < -0.4 is 5.32 Å². The van der Waals surface area contributed by atoms with Gasteiger partial charge in [0, 0.05) is 12.6 Å². The van der Waals surface area contributed by atoms with Crippen LogP contribution in [0.25, 0.3) is 0 Å². The van der Waals surface area contributed by atoms with Crippen molar-refractivity contribution in [1.29, 1.82) is 0 Å². The minimum absolute atomic E-state index is 0.236. The molecule has 0 spiro atoms. The average molecular weight is 264 g/mol. The van der Waals surface area contributed by atoms with Crippen LogP contribution in [0, 0.1) is 11.2 Å². The summed E-state index contributed by atoms with van der Waals surface area (Å²) in [4.78, 5) is 4.20. The van der Waals surface area contributed by atoms with Crippen molar-refractivity contribution in [2.45, 2.75) is 58.4 Å². The summed E-state index contributed by atoms with van der Waals surface area (Å²) in [5, 5.41) is 3.63. The van der Waals surface area contributed by atoms with E-state index in [1.807, 2.05) is 0 Å². The number of hydrogen-bond acceptors (Lipinski definition) is 2. The maximum atomic E-state index is 12.9. The Morgan fingerprint density at radius 2 is 2.05 bits per heavy atom. The predicted octanol–water partition coefficient (Wildman–Crippen LogP) is 4.23. The molecule has 1 aliphatic carbocycles. The highest BCUT2D eigenvalue weighted by Crippen LogP contribution is 2.35. The minimum atomic E-state index is -0.266. The van der Waals surface area contributed by atoms with E-state index in [0.717, 1.165) is 18.7 Å². The molecule has 1 unspecified atom stereocenters. The Morgan fingerprint density at radius 1 is 1.32 bits per heavy atom. The van der Waals surface area contributed by atoms with Crippen LogP contribution in [0.3, 0.4) is 0 Å². The van der Waals surface area contributed by atoms with E-state index < -0.39 is 0 Å². The van der Waals surface area contributed by atoms with Gasteiger partial charge in [-0.2, -0.15) is 0 Å². The molecule has 1 saturated carbocycles. The maximum Gasteiger partial charge on any atom is 0.141 e. The monoisotopic (exact) mass is 264 g/mol. The van der Waals surface area contributed by atoms with Crippen molar-refractivity contribution in [2.75, 3.05) is 6.54 Å². The van der Waals surface area contributed by atoms with Gasteiger partial charge in [-0.05, 0) is 36.8 Å². The molecular formula is C16H25FN2. The zero-order valence-corrected chi connectivity index (χ0v) is 12.1. The standard InChI is InChI=1S/C16H25FN2/c1-3-14(15-8-7-13(17)11-18-15)19-12-16(2)9-5-4-6-10-16/h7-8,11,14,19H,3-6,9-10,12H2,1-2H3. The van der Waals surface area contributed by atoms with Crippen molar-refractivity contribution in [2.24, 2.45) is 5.41 Å². The Morgan fingerprint density at radius 3 is 2.63 bits per heavy atom. The Kier molecular flexibility index (Phi) is 4.92. The lowest BCUT2D eigenvalue weighted by molar-refractivity contribution is 0.199. The van der Waals surface area contributed by atoms with Crippen molar-refractivity contribution >= 4 is 0 Å². The zero-order chi connectivity index (χ0) is 13.7. The van der Waals surface area contributed by atoms with Crippen molar-refractivity contribution in [3.63, 3.8) is 0 Å². The second-order valence-corrected chi connectivity index (χ2v) is 6.11. The first-order chi connectivity index (χ1) is 9.13. The second kappa shape index (κ2) is 6.47. The van der Waals surface area contributed by atoms with Crippen LogP contribution in [0.5, 0.6) is 0 Å². The van der Waals surface area contributed by atoms with E-state index in [4.69, 9.17) is 0 Å². The molecule has 106 valence electrons. The second-order valence-electron chi connectivity index (χ2n) is 6.11. The van der Waals surface area contributed by atoms with Gasteiger partial charge in [0.1, 0.15) is 5.82 Å². The summed E-state index contributed by atoms with van der Waals surface area (Å²) in [5.74, 6) is -0.266. The van der Waals surface area contributed by atoms with Crippen molar-refractivity contribution < 1.29 is 4.39 Å². The molecule has 0 radical (unpaired) electrons. The smallest absolute Gasteiger partial charge is 0.141 e. The van der Waals surface area contributed by atoms with E-state index in [9.17, 15) is 4.39 Å². The highest BCUT2D eigenvalue weighted by Gasteiger charge is 2.27. The summed E-state index contributed by atoms with van der Waals surface area (Å²) in [6.07, 6.45) is 9.00. The normalized spacial score (nSPS) is 20.2. The molecule has 3 heteroatoms. The average Bonchev–Trinajstić information content (AvgIpc) is 2.42. The first-order valence-electron chi connectivity index (χ1n) is 7.48. The largest absolute Gasteiger partial charge is 0.308 e. The molecule has 1 aliphatic rings. The van der Waals surface area contributed by atoms with Crippen LogP contribution in [-0.2, 0) is 0 Å². The first-order valence-corrected chi connectivity index (χ1v) is 7.48. The maximum absolute atomic E-state index is 12.9. The Hall–Kier alpha value is -0.960. The topological polar surface area (TPSA) is 24.9 Å². The predicted molar refractivity (Wildman–Crippen MR) is 76.4 cm³/mol. The fourth-order valence-corrected chi connectivity index (χ4v) is 3.00. The molecule has 1 aromatic heterocycles. The van der Waals surface area contributed by atoms with Gasteiger partial charge in [0.2, 0.25) is 0 Å². The molecule has 0 aliphatic heterocycles. The van der Waals surface area contributed by atoms with Crippen LogP contribution in [0.15, 0.2) is 18.3 Å². The number of rotatable bonds is 5. The molecule has 1 atom stereocenters. The third kappa shape index (κ3) is 4.00. The van der Waals surface area contributed by atoms with Gasteiger partial charge in [-0.25, -0.2) is 4.39 Å². The number of pyridine rings is 1. The van der Waals surface area contributed by atoms with Gasteiger partial charge in [0.05, 0.1) is 11.9 Å². The van der Waals surface area contributed by atoms with E-state index in [0.29, 0.717) is 5.41 Å². The highest BCUT2D eigenvalue weighted by molar-refractivity contribution is 5.09. The first kappa shape index (κ1) is 14.4. The van der Waals surface area contributed by atoms with Gasteiger partial charge in [0.25, 0.3) is 0 Å². The fourth-order valence-electron chi connectivity index (χ4n) is 3.00. The van der Waals surface area contributed by atoms with Crippen LogP contribution in [0.4, 0.5) is 4.39 Å². The molecule has 0 bridgehead atoms. The number of nitrogens with one attached hydrogen (secondary N) is 1. The van der Waals surface area contributed by atoms with Gasteiger partial charge in [-0.3, -0.25) is 4.98 Å². The third-order valence-corrected chi connectivity index (χ3v) is 4.35. The molecule has 19 heavy (non-hydrogen) atoms. The van der Waals surface area contributed by atoms with E-state index in [2.05, 4.69) is 24.1 Å². The summed E-state index contributed by atoms with van der Waals surface area (Å²) in [5.41, 5.74) is 1.37. The van der Waals surface area contributed by atoms with Gasteiger partial charge in [-0.1, -0.05) is 33.1 Å². The Bertz CT molecular complexity index is 382. The molecule has 0 amide bonds. The molecule has 1 aromatic rings. The van der Waals surface area contributed by atoms with Crippen molar-refractivity contribution in [1.82, 2.24) is 10.3 Å². The SMILES string of the molecule is CCC(NCC1(C)CCCCC1)c1ccc(F)cn1. The molecule has 1 heterocycles. The van der Waals surface area contributed by atoms with Crippen LogP contribution >= 0.6 is 0 Å². The van der Waals surface area contributed by atoms with Gasteiger partial charge < -0.3 is 5.32 Å². The Balaban J connectivity index is 1.93. The van der Waals surface area contributed by atoms with E-state index in [-0.39, 0.29) is 11.9 Å². The molecule has 0 saturated heterocycles. The minimum Gasteiger partial charge on any atom is -0.308 e. The molecular weight excluding hydrogens is 239 g/mol. The quantitative estimate of drug-likeness (QED) is 0.860.